The molecule has 5 nitrogen and oxygen atoms in total. The fourth-order valence-corrected chi connectivity index (χ4v) is 2.69. The van der Waals surface area contributed by atoms with Gasteiger partial charge in [-0.2, -0.15) is 5.26 Å². The largest absolute Gasteiger partial charge is 0.496 e. The molecule has 0 saturated heterocycles. The fraction of sp³-hybridized carbons (Fsp3) is 0.529. The van der Waals surface area contributed by atoms with E-state index < -0.39 is 0 Å². The summed E-state index contributed by atoms with van der Waals surface area (Å²) in [4.78, 5) is 14.7. The number of amides is 1. The van der Waals surface area contributed by atoms with E-state index in [4.69, 9.17) is 21.6 Å². The number of nitriles is 1. The van der Waals surface area contributed by atoms with Crippen LogP contribution in [0.1, 0.15) is 43.6 Å². The zero-order valence-electron chi connectivity index (χ0n) is 14.3. The minimum Gasteiger partial charge on any atom is -0.496 e. The summed E-state index contributed by atoms with van der Waals surface area (Å²) in [6.45, 7) is 9.78. The molecule has 1 aromatic rings. The Morgan fingerprint density at radius 2 is 1.96 bits per heavy atom. The van der Waals surface area contributed by atoms with E-state index in [1.54, 1.807) is 0 Å². The molecule has 0 aliphatic rings. The van der Waals surface area contributed by atoms with Crippen molar-refractivity contribution >= 4 is 17.5 Å². The van der Waals surface area contributed by atoms with Gasteiger partial charge in [0.05, 0.1) is 23.3 Å². The Balaban J connectivity index is 2.81. The van der Waals surface area contributed by atoms with Crippen molar-refractivity contribution in [3.05, 3.63) is 28.3 Å². The molecule has 0 heterocycles. The van der Waals surface area contributed by atoms with Crippen molar-refractivity contribution in [2.45, 2.75) is 39.8 Å². The molecule has 1 N–H and O–H groups in total. The van der Waals surface area contributed by atoms with Gasteiger partial charge in [-0.15, -0.1) is 0 Å². The Hall–Kier alpha value is -1.77. The van der Waals surface area contributed by atoms with Crippen molar-refractivity contribution < 1.29 is 9.53 Å². The summed E-state index contributed by atoms with van der Waals surface area (Å²) in [5.41, 5.74) is 0.567. The lowest BCUT2D eigenvalue weighted by Crippen LogP contribution is -2.42. The van der Waals surface area contributed by atoms with E-state index in [9.17, 15) is 4.79 Å². The fourth-order valence-electron chi connectivity index (χ4n) is 2.49. The van der Waals surface area contributed by atoms with E-state index in [-0.39, 0.29) is 16.5 Å². The summed E-state index contributed by atoms with van der Waals surface area (Å²) in [6.07, 6.45) is 0. The van der Waals surface area contributed by atoms with E-state index in [2.05, 4.69) is 37.9 Å². The average molecular weight is 338 g/mol. The first kappa shape index (κ1) is 19.3. The zero-order chi connectivity index (χ0) is 17.6. The van der Waals surface area contributed by atoms with Crippen molar-refractivity contribution in [3.8, 4) is 11.8 Å². The third-order valence-electron chi connectivity index (χ3n) is 3.64. The van der Waals surface area contributed by atoms with E-state index in [1.165, 1.54) is 19.2 Å². The molecule has 0 spiro atoms. The van der Waals surface area contributed by atoms with E-state index >= 15 is 0 Å². The number of hydrogen-bond acceptors (Lipinski definition) is 4. The number of hydrogen-bond donors (Lipinski definition) is 1. The lowest BCUT2D eigenvalue weighted by molar-refractivity contribution is 0.0936. The van der Waals surface area contributed by atoms with Gasteiger partial charge < -0.3 is 10.1 Å². The molecule has 23 heavy (non-hydrogen) atoms. The molecule has 1 rings (SSSR count). The summed E-state index contributed by atoms with van der Waals surface area (Å²) in [5, 5.41) is 12.2. The van der Waals surface area contributed by atoms with Gasteiger partial charge in [0.15, 0.2) is 0 Å². The van der Waals surface area contributed by atoms with Crippen LogP contribution in [0.25, 0.3) is 0 Å². The van der Waals surface area contributed by atoms with Crippen LogP contribution < -0.4 is 10.1 Å². The molecule has 6 heteroatoms. The smallest absolute Gasteiger partial charge is 0.255 e. The maximum Gasteiger partial charge on any atom is 0.255 e. The highest BCUT2D eigenvalue weighted by Crippen LogP contribution is 2.26. The Morgan fingerprint density at radius 1 is 1.35 bits per heavy atom. The number of carbonyl (C=O) groups excluding carboxylic acids is 1. The number of rotatable bonds is 7. The van der Waals surface area contributed by atoms with Crippen LogP contribution in [0.2, 0.25) is 5.02 Å². The number of nitrogens with one attached hydrogen (secondary N) is 1. The highest BCUT2D eigenvalue weighted by Gasteiger charge is 2.17. The molecule has 0 aliphatic carbocycles. The molecule has 0 unspecified atom stereocenters. The normalized spacial score (nSPS) is 11.0. The standard InChI is InChI=1S/C17H24ClN3O2/c1-11(2)21(12(3)4)7-6-20-17(22)14-8-13(10-19)15(18)9-16(14)23-5/h8-9,11-12H,6-7H2,1-5H3,(H,20,22). The molecular formula is C17H24ClN3O2. The molecule has 0 aromatic heterocycles. The Morgan fingerprint density at radius 3 is 2.43 bits per heavy atom. The third-order valence-corrected chi connectivity index (χ3v) is 3.95. The third kappa shape index (κ3) is 5.12. The van der Waals surface area contributed by atoms with Crippen molar-refractivity contribution in [2.24, 2.45) is 0 Å². The van der Waals surface area contributed by atoms with E-state index in [1.807, 2.05) is 6.07 Å². The number of nitrogens with zero attached hydrogens (tertiary/aromatic N) is 2. The highest BCUT2D eigenvalue weighted by molar-refractivity contribution is 6.32. The van der Waals surface area contributed by atoms with Crippen molar-refractivity contribution in [1.82, 2.24) is 10.2 Å². The van der Waals surface area contributed by atoms with Gasteiger partial charge in [0.2, 0.25) is 0 Å². The van der Waals surface area contributed by atoms with Gasteiger partial charge >= 0.3 is 0 Å². The van der Waals surface area contributed by atoms with Crippen LogP contribution in [0.15, 0.2) is 12.1 Å². The molecule has 1 aromatic carbocycles. The van der Waals surface area contributed by atoms with Gasteiger partial charge in [-0.1, -0.05) is 11.6 Å². The molecule has 126 valence electrons. The monoisotopic (exact) mass is 337 g/mol. The number of ether oxygens (including phenoxy) is 1. The van der Waals surface area contributed by atoms with E-state index in [0.29, 0.717) is 29.9 Å². The quantitative estimate of drug-likeness (QED) is 0.830. The lowest BCUT2D eigenvalue weighted by Gasteiger charge is -2.30. The van der Waals surface area contributed by atoms with Gasteiger partial charge in [-0.25, -0.2) is 0 Å². The maximum absolute atomic E-state index is 12.4. The molecule has 0 radical (unpaired) electrons. The molecule has 0 aliphatic heterocycles. The van der Waals surface area contributed by atoms with Crippen LogP contribution in [-0.4, -0.2) is 43.1 Å². The van der Waals surface area contributed by atoms with Gasteiger partial charge in [0, 0.05) is 31.2 Å². The highest BCUT2D eigenvalue weighted by atomic mass is 35.5. The first-order chi connectivity index (χ1) is 10.8. The van der Waals surface area contributed by atoms with Crippen LogP contribution in [0.4, 0.5) is 0 Å². The molecule has 0 saturated carbocycles. The van der Waals surface area contributed by atoms with Crippen molar-refractivity contribution in [3.63, 3.8) is 0 Å². The molecule has 1 amide bonds. The second-order valence-electron chi connectivity index (χ2n) is 5.83. The predicted octanol–water partition coefficient (Wildman–Crippen LogP) is 3.07. The molecular weight excluding hydrogens is 314 g/mol. The first-order valence-electron chi connectivity index (χ1n) is 7.63. The van der Waals surface area contributed by atoms with Gasteiger partial charge in [-0.3, -0.25) is 9.69 Å². The average Bonchev–Trinajstić information content (AvgIpc) is 2.49. The number of methoxy groups -OCH3 is 1. The maximum atomic E-state index is 12.4. The van der Waals surface area contributed by atoms with Crippen LogP contribution in [0, 0.1) is 11.3 Å². The molecule has 0 atom stereocenters. The number of benzene rings is 1. The van der Waals surface area contributed by atoms with Crippen molar-refractivity contribution in [2.75, 3.05) is 20.2 Å². The summed E-state index contributed by atoms with van der Waals surface area (Å²) in [6, 6.07) is 5.73. The van der Waals surface area contributed by atoms with Gasteiger partial charge in [0.25, 0.3) is 5.91 Å². The Kier molecular flexibility index (Phi) is 7.34. The lowest BCUT2D eigenvalue weighted by atomic mass is 10.1. The second kappa shape index (κ2) is 8.76. The number of carbonyl (C=O) groups is 1. The van der Waals surface area contributed by atoms with Gasteiger partial charge in [-0.05, 0) is 33.8 Å². The van der Waals surface area contributed by atoms with Crippen LogP contribution in [0.5, 0.6) is 5.75 Å². The Bertz CT molecular complexity index is 586. The summed E-state index contributed by atoms with van der Waals surface area (Å²) < 4.78 is 5.19. The number of halogens is 1. The van der Waals surface area contributed by atoms with Gasteiger partial charge in [0.1, 0.15) is 11.8 Å². The molecule has 0 bridgehead atoms. The van der Waals surface area contributed by atoms with E-state index in [0.717, 1.165) is 6.54 Å². The van der Waals surface area contributed by atoms with Crippen LogP contribution in [-0.2, 0) is 0 Å². The minimum atomic E-state index is -0.275. The SMILES string of the molecule is COc1cc(Cl)c(C#N)cc1C(=O)NCCN(C(C)C)C(C)C. The zero-order valence-corrected chi connectivity index (χ0v) is 15.1. The minimum absolute atomic E-state index is 0.253. The topological polar surface area (TPSA) is 65.4 Å². The van der Waals surface area contributed by atoms with Crippen molar-refractivity contribution in [1.29, 1.82) is 5.26 Å². The summed E-state index contributed by atoms with van der Waals surface area (Å²) in [7, 11) is 1.47. The van der Waals surface area contributed by atoms with Crippen LogP contribution >= 0.6 is 11.6 Å². The predicted molar refractivity (Wildman–Crippen MR) is 92.0 cm³/mol. The van der Waals surface area contributed by atoms with Crippen LogP contribution in [0.3, 0.4) is 0 Å². The first-order valence-corrected chi connectivity index (χ1v) is 8.01. The second-order valence-corrected chi connectivity index (χ2v) is 6.23. The summed E-state index contributed by atoms with van der Waals surface area (Å²) in [5.74, 6) is 0.0820. The molecule has 0 fully saturated rings. The Labute approximate surface area is 143 Å². The summed E-state index contributed by atoms with van der Waals surface area (Å²) >= 11 is 5.96.